The smallest absolute Gasteiger partial charge is 0.134 e. The van der Waals surface area contributed by atoms with E-state index in [-0.39, 0.29) is 0 Å². The van der Waals surface area contributed by atoms with Gasteiger partial charge < -0.3 is 14.5 Å². The van der Waals surface area contributed by atoms with Crippen LogP contribution < -0.4 is 10.1 Å². The molecule has 3 nitrogen and oxygen atoms in total. The molecule has 0 spiro atoms. The molecule has 0 amide bonds. The molecule has 0 saturated carbocycles. The zero-order chi connectivity index (χ0) is 14.7. The Labute approximate surface area is 132 Å². The fraction of sp³-hybridized carbons (Fsp3) is 0.176. The second-order valence-electron chi connectivity index (χ2n) is 4.79. The first-order valence-corrected chi connectivity index (χ1v) is 7.59. The highest BCUT2D eigenvalue weighted by molar-refractivity contribution is 9.10. The van der Waals surface area contributed by atoms with Gasteiger partial charge in [-0.15, -0.1) is 0 Å². The number of benzene rings is 2. The summed E-state index contributed by atoms with van der Waals surface area (Å²) >= 11 is 3.63. The molecule has 0 fully saturated rings. The topological polar surface area (TPSA) is 34.4 Å². The van der Waals surface area contributed by atoms with E-state index in [0.29, 0.717) is 13.2 Å². The number of rotatable bonds is 5. The van der Waals surface area contributed by atoms with Gasteiger partial charge in [0.2, 0.25) is 0 Å². The summed E-state index contributed by atoms with van der Waals surface area (Å²) in [4.78, 5) is 0. The van der Waals surface area contributed by atoms with E-state index < -0.39 is 0 Å². The molecule has 0 unspecified atom stereocenters. The summed E-state index contributed by atoms with van der Waals surface area (Å²) in [5, 5.41) is 5.43. The molecule has 2 aromatic carbocycles. The minimum absolute atomic E-state index is 0.491. The molecule has 0 atom stereocenters. The van der Waals surface area contributed by atoms with Crippen LogP contribution in [-0.4, -0.2) is 7.05 Å². The maximum atomic E-state index is 5.94. The number of nitrogens with one attached hydrogen (secondary N) is 1. The van der Waals surface area contributed by atoms with Gasteiger partial charge in [0.15, 0.2) is 0 Å². The van der Waals surface area contributed by atoms with Crippen LogP contribution in [0, 0.1) is 0 Å². The van der Waals surface area contributed by atoms with Crippen LogP contribution in [0.25, 0.3) is 10.8 Å². The lowest BCUT2D eigenvalue weighted by atomic mass is 10.1. The van der Waals surface area contributed by atoms with Crippen molar-refractivity contribution in [1.82, 2.24) is 5.32 Å². The summed E-state index contributed by atoms with van der Waals surface area (Å²) in [5.41, 5.74) is 1.06. The third kappa shape index (κ3) is 2.96. The van der Waals surface area contributed by atoms with Gasteiger partial charge in [-0.3, -0.25) is 0 Å². The summed E-state index contributed by atoms with van der Waals surface area (Å²) in [7, 11) is 1.90. The van der Waals surface area contributed by atoms with Crippen LogP contribution in [0.15, 0.2) is 57.6 Å². The summed E-state index contributed by atoms with van der Waals surface area (Å²) in [6.07, 6.45) is 1.70. The normalized spacial score (nSPS) is 11.0. The standard InChI is InChI=1S/C17H16BrNO2/c1-19-10-16-13(8-9-20-16)11-21-15-7-6-12-4-2-3-5-14(12)17(15)18/h2-9,19H,10-11H2,1H3. The lowest BCUT2D eigenvalue weighted by Gasteiger charge is -2.10. The molecule has 1 heterocycles. The molecule has 0 aliphatic carbocycles. The molecular formula is C17H16BrNO2. The third-order valence-electron chi connectivity index (χ3n) is 3.39. The van der Waals surface area contributed by atoms with Gasteiger partial charge >= 0.3 is 0 Å². The van der Waals surface area contributed by atoms with Crippen LogP contribution in [0.4, 0.5) is 0 Å². The van der Waals surface area contributed by atoms with E-state index in [0.717, 1.165) is 26.9 Å². The van der Waals surface area contributed by atoms with Crippen molar-refractivity contribution >= 4 is 26.7 Å². The molecule has 0 radical (unpaired) electrons. The molecular weight excluding hydrogens is 330 g/mol. The Balaban J connectivity index is 1.82. The van der Waals surface area contributed by atoms with E-state index >= 15 is 0 Å². The number of hydrogen-bond donors (Lipinski definition) is 1. The van der Waals surface area contributed by atoms with Gasteiger partial charge in [-0.05, 0) is 45.9 Å². The van der Waals surface area contributed by atoms with Crippen LogP contribution in [-0.2, 0) is 13.2 Å². The van der Waals surface area contributed by atoms with E-state index in [1.807, 2.05) is 31.3 Å². The first-order valence-electron chi connectivity index (χ1n) is 6.79. The number of fused-ring (bicyclic) bond motifs is 1. The maximum Gasteiger partial charge on any atom is 0.134 e. The van der Waals surface area contributed by atoms with Crippen molar-refractivity contribution in [3.05, 3.63) is 64.5 Å². The number of ether oxygens (including phenoxy) is 1. The SMILES string of the molecule is CNCc1occc1COc1ccc2ccccc2c1Br. The van der Waals surface area contributed by atoms with Gasteiger partial charge in [0, 0.05) is 5.56 Å². The van der Waals surface area contributed by atoms with E-state index in [4.69, 9.17) is 9.15 Å². The first kappa shape index (κ1) is 14.2. The molecule has 0 aliphatic heterocycles. The van der Waals surface area contributed by atoms with E-state index in [1.165, 1.54) is 5.39 Å². The fourth-order valence-electron chi connectivity index (χ4n) is 2.29. The second-order valence-corrected chi connectivity index (χ2v) is 5.58. The van der Waals surface area contributed by atoms with Gasteiger partial charge in [0.1, 0.15) is 18.1 Å². The number of furan rings is 1. The van der Waals surface area contributed by atoms with Crippen molar-refractivity contribution in [2.24, 2.45) is 0 Å². The Morgan fingerprint density at radius 1 is 1.14 bits per heavy atom. The molecule has 21 heavy (non-hydrogen) atoms. The average Bonchev–Trinajstić information content (AvgIpc) is 2.95. The molecule has 1 N–H and O–H groups in total. The van der Waals surface area contributed by atoms with Crippen molar-refractivity contribution in [3.8, 4) is 5.75 Å². The predicted octanol–water partition coefficient (Wildman–Crippen LogP) is 4.49. The van der Waals surface area contributed by atoms with Crippen LogP contribution >= 0.6 is 15.9 Å². The van der Waals surface area contributed by atoms with Crippen molar-refractivity contribution in [3.63, 3.8) is 0 Å². The minimum Gasteiger partial charge on any atom is -0.488 e. The summed E-state index contributed by atoms with van der Waals surface area (Å²) < 4.78 is 12.4. The van der Waals surface area contributed by atoms with Gasteiger partial charge in [-0.2, -0.15) is 0 Å². The Hall–Kier alpha value is -1.78. The fourth-order valence-corrected chi connectivity index (χ4v) is 2.90. The van der Waals surface area contributed by atoms with Crippen molar-refractivity contribution < 1.29 is 9.15 Å². The Morgan fingerprint density at radius 3 is 2.86 bits per heavy atom. The molecule has 3 aromatic rings. The molecule has 3 rings (SSSR count). The molecule has 108 valence electrons. The van der Waals surface area contributed by atoms with E-state index in [2.05, 4.69) is 39.4 Å². The van der Waals surface area contributed by atoms with Gasteiger partial charge in [-0.25, -0.2) is 0 Å². The maximum absolute atomic E-state index is 5.94. The molecule has 0 bridgehead atoms. The van der Waals surface area contributed by atoms with Crippen molar-refractivity contribution in [1.29, 1.82) is 0 Å². The quantitative estimate of drug-likeness (QED) is 0.739. The zero-order valence-corrected chi connectivity index (χ0v) is 13.3. The Morgan fingerprint density at radius 2 is 2.00 bits per heavy atom. The van der Waals surface area contributed by atoms with Crippen LogP contribution in [0.2, 0.25) is 0 Å². The second kappa shape index (κ2) is 6.33. The van der Waals surface area contributed by atoms with Gasteiger partial charge in [0.05, 0.1) is 17.3 Å². The van der Waals surface area contributed by atoms with Crippen molar-refractivity contribution in [2.75, 3.05) is 7.05 Å². The van der Waals surface area contributed by atoms with E-state index in [1.54, 1.807) is 6.26 Å². The highest BCUT2D eigenvalue weighted by Gasteiger charge is 2.09. The van der Waals surface area contributed by atoms with Crippen molar-refractivity contribution in [2.45, 2.75) is 13.2 Å². The lowest BCUT2D eigenvalue weighted by molar-refractivity contribution is 0.300. The van der Waals surface area contributed by atoms with Crippen LogP contribution in [0.1, 0.15) is 11.3 Å². The molecule has 0 aliphatic rings. The molecule has 0 saturated heterocycles. The summed E-state index contributed by atoms with van der Waals surface area (Å²) in [5.74, 6) is 1.75. The van der Waals surface area contributed by atoms with Crippen LogP contribution in [0.5, 0.6) is 5.75 Å². The largest absolute Gasteiger partial charge is 0.488 e. The van der Waals surface area contributed by atoms with Gasteiger partial charge in [0.25, 0.3) is 0 Å². The lowest BCUT2D eigenvalue weighted by Crippen LogP contribution is -2.07. The summed E-state index contributed by atoms with van der Waals surface area (Å²) in [6.45, 7) is 1.19. The van der Waals surface area contributed by atoms with E-state index in [9.17, 15) is 0 Å². The Bertz CT molecular complexity index is 751. The van der Waals surface area contributed by atoms with Crippen LogP contribution in [0.3, 0.4) is 0 Å². The molecule has 1 aromatic heterocycles. The Kier molecular flexibility index (Phi) is 4.27. The zero-order valence-electron chi connectivity index (χ0n) is 11.7. The third-order valence-corrected chi connectivity index (χ3v) is 4.20. The highest BCUT2D eigenvalue weighted by atomic mass is 79.9. The summed E-state index contributed by atoms with van der Waals surface area (Å²) in [6, 6.07) is 14.2. The number of hydrogen-bond acceptors (Lipinski definition) is 3. The monoisotopic (exact) mass is 345 g/mol. The minimum atomic E-state index is 0.491. The average molecular weight is 346 g/mol. The number of halogens is 1. The molecule has 4 heteroatoms. The van der Waals surface area contributed by atoms with Gasteiger partial charge in [-0.1, -0.05) is 30.3 Å². The highest BCUT2D eigenvalue weighted by Crippen LogP contribution is 2.33. The predicted molar refractivity (Wildman–Crippen MR) is 87.5 cm³/mol. The first-order chi connectivity index (χ1) is 10.3.